The third-order valence-corrected chi connectivity index (χ3v) is 6.50. The number of carbonyl (C=O) groups excluding carboxylic acids is 1. The zero-order chi connectivity index (χ0) is 23.9. The summed E-state index contributed by atoms with van der Waals surface area (Å²) in [5.74, 6) is 2.19. The molecule has 1 amide bonds. The van der Waals surface area contributed by atoms with Crippen molar-refractivity contribution in [2.75, 3.05) is 65.0 Å². The number of hydrogen-bond acceptors (Lipinski definition) is 6. The molecule has 2 aliphatic heterocycles. The van der Waals surface area contributed by atoms with E-state index in [9.17, 15) is 4.79 Å². The van der Waals surface area contributed by atoms with Gasteiger partial charge in [0, 0.05) is 55.1 Å². The summed E-state index contributed by atoms with van der Waals surface area (Å²) in [5, 5.41) is 3.64. The van der Waals surface area contributed by atoms with E-state index in [1.165, 1.54) is 0 Å². The lowest BCUT2D eigenvalue weighted by molar-refractivity contribution is -0.117. The predicted molar refractivity (Wildman–Crippen MR) is 135 cm³/mol. The highest BCUT2D eigenvalue weighted by atomic mass is 35.5. The summed E-state index contributed by atoms with van der Waals surface area (Å²) in [6.07, 6.45) is 3.85. The largest absolute Gasteiger partial charge is 0.493 e. The van der Waals surface area contributed by atoms with Gasteiger partial charge >= 0.3 is 0 Å². The number of benzene rings is 2. The Labute approximate surface area is 206 Å². The van der Waals surface area contributed by atoms with Gasteiger partial charge < -0.3 is 24.4 Å². The molecule has 0 bridgehead atoms. The summed E-state index contributed by atoms with van der Waals surface area (Å²) in [4.78, 5) is 17.4. The summed E-state index contributed by atoms with van der Waals surface area (Å²) < 4.78 is 16.4. The Morgan fingerprint density at radius 2 is 1.82 bits per heavy atom. The minimum Gasteiger partial charge on any atom is -0.493 e. The van der Waals surface area contributed by atoms with Gasteiger partial charge in [-0.1, -0.05) is 11.6 Å². The van der Waals surface area contributed by atoms with Crippen molar-refractivity contribution >= 4 is 29.3 Å². The molecule has 0 unspecified atom stereocenters. The van der Waals surface area contributed by atoms with Crippen molar-refractivity contribution in [3.63, 3.8) is 0 Å². The van der Waals surface area contributed by atoms with Crippen molar-refractivity contribution in [1.29, 1.82) is 0 Å². The topological polar surface area (TPSA) is 63.3 Å². The number of carbonyl (C=O) groups is 1. The SMILES string of the molecule is COc1ccc(N2CCN(CCCCNC(=O)C3=Cc4cc(Cl)ccc4OC3)CC2)cc1OC. The molecule has 0 aromatic heterocycles. The number of rotatable bonds is 9. The molecule has 182 valence electrons. The Hall–Kier alpha value is -2.90. The molecule has 7 nitrogen and oxygen atoms in total. The monoisotopic (exact) mass is 485 g/mol. The van der Waals surface area contributed by atoms with Gasteiger partial charge in [0.2, 0.25) is 0 Å². The lowest BCUT2D eigenvalue weighted by atomic mass is 10.1. The van der Waals surface area contributed by atoms with Crippen molar-refractivity contribution in [2.45, 2.75) is 12.8 Å². The predicted octanol–water partition coefficient (Wildman–Crippen LogP) is 3.85. The van der Waals surface area contributed by atoms with Crippen molar-refractivity contribution in [3.8, 4) is 17.2 Å². The first-order chi connectivity index (χ1) is 16.6. The van der Waals surface area contributed by atoms with Gasteiger partial charge in [0.05, 0.1) is 19.8 Å². The van der Waals surface area contributed by atoms with Crippen LogP contribution in [0.2, 0.25) is 5.02 Å². The van der Waals surface area contributed by atoms with E-state index in [-0.39, 0.29) is 12.5 Å². The number of fused-ring (bicyclic) bond motifs is 1. The van der Waals surface area contributed by atoms with Crippen LogP contribution in [-0.4, -0.2) is 70.9 Å². The quantitative estimate of drug-likeness (QED) is 0.544. The first kappa shape index (κ1) is 24.2. The number of piperazine rings is 1. The Bertz CT molecular complexity index is 1030. The van der Waals surface area contributed by atoms with Gasteiger partial charge in [0.15, 0.2) is 11.5 Å². The zero-order valence-electron chi connectivity index (χ0n) is 19.8. The Morgan fingerprint density at radius 1 is 1.03 bits per heavy atom. The van der Waals surface area contributed by atoms with Crippen LogP contribution in [0.3, 0.4) is 0 Å². The van der Waals surface area contributed by atoms with Gasteiger partial charge in [-0.3, -0.25) is 9.69 Å². The van der Waals surface area contributed by atoms with Crippen molar-refractivity contribution in [2.24, 2.45) is 0 Å². The zero-order valence-corrected chi connectivity index (χ0v) is 20.6. The highest BCUT2D eigenvalue weighted by Gasteiger charge is 2.19. The number of hydrogen-bond donors (Lipinski definition) is 1. The summed E-state index contributed by atoms with van der Waals surface area (Å²) in [5.41, 5.74) is 2.63. The van der Waals surface area contributed by atoms with Crippen LogP contribution in [0.15, 0.2) is 42.0 Å². The van der Waals surface area contributed by atoms with E-state index in [0.717, 1.165) is 74.1 Å². The molecule has 1 fully saturated rings. The van der Waals surface area contributed by atoms with Gasteiger partial charge in [0.25, 0.3) is 5.91 Å². The fourth-order valence-electron chi connectivity index (χ4n) is 4.31. The molecule has 2 aromatic rings. The average Bonchev–Trinajstić information content (AvgIpc) is 2.87. The third-order valence-electron chi connectivity index (χ3n) is 6.27. The molecule has 4 rings (SSSR count). The summed E-state index contributed by atoms with van der Waals surface area (Å²) >= 11 is 6.05. The van der Waals surface area contributed by atoms with Crippen LogP contribution in [0.4, 0.5) is 5.69 Å². The maximum Gasteiger partial charge on any atom is 0.250 e. The number of halogens is 1. The fraction of sp³-hybridized carbons (Fsp3) is 0.423. The number of unbranched alkanes of at least 4 members (excludes halogenated alkanes) is 1. The second-order valence-corrected chi connectivity index (χ2v) is 8.91. The van der Waals surface area contributed by atoms with Crippen molar-refractivity contribution in [3.05, 3.63) is 52.6 Å². The molecule has 2 heterocycles. The van der Waals surface area contributed by atoms with E-state index in [0.29, 0.717) is 17.1 Å². The first-order valence-corrected chi connectivity index (χ1v) is 12.1. The van der Waals surface area contributed by atoms with Gasteiger partial charge in [-0.05, 0) is 55.8 Å². The fourth-order valence-corrected chi connectivity index (χ4v) is 4.49. The van der Waals surface area contributed by atoms with Crippen LogP contribution in [0, 0.1) is 0 Å². The van der Waals surface area contributed by atoms with E-state index in [2.05, 4.69) is 21.2 Å². The minimum absolute atomic E-state index is 0.0749. The van der Waals surface area contributed by atoms with Crippen LogP contribution < -0.4 is 24.4 Å². The maximum absolute atomic E-state index is 12.5. The summed E-state index contributed by atoms with van der Waals surface area (Å²) in [7, 11) is 3.32. The molecule has 0 saturated carbocycles. The Balaban J connectivity index is 1.15. The third kappa shape index (κ3) is 5.96. The van der Waals surface area contributed by atoms with E-state index in [1.54, 1.807) is 20.3 Å². The van der Waals surface area contributed by atoms with Crippen molar-refractivity contribution in [1.82, 2.24) is 10.2 Å². The number of ether oxygens (including phenoxy) is 3. The lowest BCUT2D eigenvalue weighted by Crippen LogP contribution is -2.46. The maximum atomic E-state index is 12.5. The van der Waals surface area contributed by atoms with Gasteiger partial charge in [0.1, 0.15) is 12.4 Å². The Morgan fingerprint density at radius 3 is 2.59 bits per heavy atom. The first-order valence-electron chi connectivity index (χ1n) is 11.7. The standard InChI is InChI=1S/C26H32ClN3O4/c1-32-24-8-6-22(17-25(24)33-2)30-13-11-29(12-14-30)10-4-3-9-28-26(31)20-15-19-16-21(27)5-7-23(19)34-18-20/h5-8,15-17H,3-4,9-14,18H2,1-2H3,(H,28,31). The molecule has 1 saturated heterocycles. The molecule has 34 heavy (non-hydrogen) atoms. The Kier molecular flexibility index (Phi) is 8.19. The van der Waals surface area contributed by atoms with Crippen LogP contribution in [-0.2, 0) is 4.79 Å². The molecule has 0 spiro atoms. The highest BCUT2D eigenvalue weighted by molar-refractivity contribution is 6.30. The van der Waals surface area contributed by atoms with Gasteiger partial charge in [-0.15, -0.1) is 0 Å². The van der Waals surface area contributed by atoms with Crippen LogP contribution >= 0.6 is 11.6 Å². The number of anilines is 1. The molecule has 8 heteroatoms. The normalized spacial score (nSPS) is 15.7. The highest BCUT2D eigenvalue weighted by Crippen LogP contribution is 2.32. The van der Waals surface area contributed by atoms with E-state index < -0.39 is 0 Å². The van der Waals surface area contributed by atoms with E-state index in [4.69, 9.17) is 25.8 Å². The smallest absolute Gasteiger partial charge is 0.250 e. The van der Waals surface area contributed by atoms with E-state index in [1.807, 2.05) is 30.3 Å². The average molecular weight is 486 g/mol. The van der Waals surface area contributed by atoms with Crippen LogP contribution in [0.25, 0.3) is 6.08 Å². The summed E-state index contributed by atoms with van der Waals surface area (Å²) in [6.45, 7) is 5.97. The molecular formula is C26H32ClN3O4. The lowest BCUT2D eigenvalue weighted by Gasteiger charge is -2.36. The number of amides is 1. The van der Waals surface area contributed by atoms with Crippen LogP contribution in [0.1, 0.15) is 18.4 Å². The molecule has 2 aromatic carbocycles. The molecule has 1 N–H and O–H groups in total. The molecule has 0 radical (unpaired) electrons. The molecule has 0 aliphatic carbocycles. The minimum atomic E-state index is -0.0749. The second kappa shape index (κ2) is 11.5. The van der Waals surface area contributed by atoms with E-state index >= 15 is 0 Å². The molecule has 2 aliphatic rings. The number of nitrogens with zero attached hydrogens (tertiary/aromatic N) is 2. The van der Waals surface area contributed by atoms with Crippen molar-refractivity contribution < 1.29 is 19.0 Å². The number of methoxy groups -OCH3 is 2. The summed E-state index contributed by atoms with van der Waals surface area (Å²) in [6, 6.07) is 11.5. The second-order valence-electron chi connectivity index (χ2n) is 8.47. The van der Waals surface area contributed by atoms with Crippen LogP contribution in [0.5, 0.6) is 17.2 Å². The van der Waals surface area contributed by atoms with Gasteiger partial charge in [-0.25, -0.2) is 0 Å². The molecule has 0 atom stereocenters. The molecular weight excluding hydrogens is 454 g/mol. The van der Waals surface area contributed by atoms with Gasteiger partial charge in [-0.2, -0.15) is 0 Å². The number of nitrogens with one attached hydrogen (secondary N) is 1.